The molecule has 1 aromatic heterocycles. The number of methoxy groups -OCH3 is 1. The van der Waals surface area contributed by atoms with Gasteiger partial charge in [0.15, 0.2) is 5.76 Å². The van der Waals surface area contributed by atoms with Gasteiger partial charge in [0.2, 0.25) is 0 Å². The molecular formula is C20H19NO5. The van der Waals surface area contributed by atoms with Gasteiger partial charge in [0, 0.05) is 16.6 Å². The fraction of sp³-hybridized carbons (Fsp3) is 0.200. The Hall–Kier alpha value is -3.28. The third kappa shape index (κ3) is 3.39. The van der Waals surface area contributed by atoms with E-state index in [0.717, 1.165) is 16.7 Å². The molecule has 2 aromatic carbocycles. The van der Waals surface area contributed by atoms with E-state index in [9.17, 15) is 9.59 Å². The Kier molecular flexibility index (Phi) is 4.93. The van der Waals surface area contributed by atoms with Crippen LogP contribution in [0.15, 0.2) is 46.9 Å². The summed E-state index contributed by atoms with van der Waals surface area (Å²) in [6.07, 6.45) is 0. The average Bonchev–Trinajstić information content (AvgIpc) is 2.98. The predicted octanol–water partition coefficient (Wildman–Crippen LogP) is 4.18. The van der Waals surface area contributed by atoms with Gasteiger partial charge in [-0.2, -0.15) is 0 Å². The van der Waals surface area contributed by atoms with Crippen LogP contribution in [0.1, 0.15) is 33.4 Å². The predicted molar refractivity (Wildman–Crippen MR) is 97.9 cm³/mol. The van der Waals surface area contributed by atoms with Crippen molar-refractivity contribution in [2.24, 2.45) is 0 Å². The molecule has 6 heteroatoms. The van der Waals surface area contributed by atoms with Crippen molar-refractivity contribution >= 4 is 28.5 Å². The van der Waals surface area contributed by atoms with Gasteiger partial charge in [-0.05, 0) is 50.2 Å². The van der Waals surface area contributed by atoms with Gasteiger partial charge in [-0.15, -0.1) is 0 Å². The molecule has 1 N–H and O–H groups in total. The van der Waals surface area contributed by atoms with Gasteiger partial charge in [-0.3, -0.25) is 4.79 Å². The second-order valence-electron chi connectivity index (χ2n) is 5.67. The fourth-order valence-electron chi connectivity index (χ4n) is 2.70. The largest absolute Gasteiger partial charge is 0.494 e. The summed E-state index contributed by atoms with van der Waals surface area (Å²) < 4.78 is 15.9. The van der Waals surface area contributed by atoms with Crippen LogP contribution < -0.4 is 10.1 Å². The van der Waals surface area contributed by atoms with E-state index in [1.54, 1.807) is 36.4 Å². The number of hydrogen-bond acceptors (Lipinski definition) is 5. The molecule has 3 rings (SSSR count). The smallest absolute Gasteiger partial charge is 0.337 e. The molecule has 0 unspecified atom stereocenters. The molecule has 3 aromatic rings. The molecule has 0 fully saturated rings. The molecular weight excluding hydrogens is 334 g/mol. The summed E-state index contributed by atoms with van der Waals surface area (Å²) in [5.41, 5.74) is 2.17. The van der Waals surface area contributed by atoms with Crippen molar-refractivity contribution in [3.8, 4) is 5.75 Å². The number of amides is 1. The van der Waals surface area contributed by atoms with Crippen molar-refractivity contribution in [1.82, 2.24) is 0 Å². The van der Waals surface area contributed by atoms with Crippen molar-refractivity contribution in [2.45, 2.75) is 13.8 Å². The molecule has 0 radical (unpaired) electrons. The molecule has 6 nitrogen and oxygen atoms in total. The Morgan fingerprint density at radius 1 is 1.15 bits per heavy atom. The van der Waals surface area contributed by atoms with Gasteiger partial charge in [-0.25, -0.2) is 4.79 Å². The van der Waals surface area contributed by atoms with Gasteiger partial charge in [-0.1, -0.05) is 6.07 Å². The quantitative estimate of drug-likeness (QED) is 0.696. The lowest BCUT2D eigenvalue weighted by Gasteiger charge is -2.06. The summed E-state index contributed by atoms with van der Waals surface area (Å²) in [5, 5.41) is 3.57. The molecule has 0 saturated heterocycles. The number of aryl methyl sites for hydroxylation is 1. The van der Waals surface area contributed by atoms with Gasteiger partial charge in [0.05, 0.1) is 19.3 Å². The van der Waals surface area contributed by atoms with Gasteiger partial charge in [0.25, 0.3) is 5.91 Å². The number of nitrogens with one attached hydrogen (secondary N) is 1. The van der Waals surface area contributed by atoms with E-state index in [0.29, 0.717) is 23.4 Å². The number of ether oxygens (including phenoxy) is 2. The van der Waals surface area contributed by atoms with Crippen LogP contribution in [0.3, 0.4) is 0 Å². The average molecular weight is 353 g/mol. The number of carbonyl (C=O) groups is 2. The molecule has 0 aliphatic carbocycles. The zero-order chi connectivity index (χ0) is 18.7. The van der Waals surface area contributed by atoms with Crippen molar-refractivity contribution in [3.05, 3.63) is 59.4 Å². The third-order valence-electron chi connectivity index (χ3n) is 3.97. The maximum Gasteiger partial charge on any atom is 0.337 e. The van der Waals surface area contributed by atoms with Gasteiger partial charge in [0.1, 0.15) is 11.3 Å². The topological polar surface area (TPSA) is 77.8 Å². The zero-order valence-electron chi connectivity index (χ0n) is 14.8. The molecule has 26 heavy (non-hydrogen) atoms. The molecule has 1 amide bonds. The number of carbonyl (C=O) groups excluding carboxylic acids is 2. The number of hydrogen-bond donors (Lipinski definition) is 1. The third-order valence-corrected chi connectivity index (χ3v) is 3.97. The summed E-state index contributed by atoms with van der Waals surface area (Å²) in [6, 6.07) is 12.0. The Morgan fingerprint density at radius 2 is 1.96 bits per heavy atom. The SMILES string of the molecule is CCOc1ccc2oc(C(=O)Nc3cccc(C(=O)OC)c3)c(C)c2c1. The monoisotopic (exact) mass is 353 g/mol. The molecule has 134 valence electrons. The molecule has 0 atom stereocenters. The minimum absolute atomic E-state index is 0.220. The lowest BCUT2D eigenvalue weighted by Crippen LogP contribution is -2.12. The van der Waals surface area contributed by atoms with Crippen LogP contribution in [-0.4, -0.2) is 25.6 Å². The van der Waals surface area contributed by atoms with E-state index >= 15 is 0 Å². The standard InChI is InChI=1S/C20H19NO5/c1-4-25-15-8-9-17-16(11-15)12(2)18(26-17)19(22)21-14-7-5-6-13(10-14)20(23)24-3/h5-11H,4H2,1-3H3,(H,21,22). The first-order chi connectivity index (χ1) is 12.5. The second kappa shape index (κ2) is 7.31. The Bertz CT molecular complexity index is 973. The van der Waals surface area contributed by atoms with Crippen LogP contribution in [0.4, 0.5) is 5.69 Å². The normalized spacial score (nSPS) is 10.6. The molecule has 0 aliphatic heterocycles. The lowest BCUT2D eigenvalue weighted by atomic mass is 10.1. The summed E-state index contributed by atoms with van der Waals surface area (Å²) >= 11 is 0. The van der Waals surface area contributed by atoms with Crippen LogP contribution in [-0.2, 0) is 4.74 Å². The summed E-state index contributed by atoms with van der Waals surface area (Å²) in [6.45, 7) is 4.29. The number of benzene rings is 2. The molecule has 0 bridgehead atoms. The van der Waals surface area contributed by atoms with E-state index in [1.807, 2.05) is 19.9 Å². The number of rotatable bonds is 5. The van der Waals surface area contributed by atoms with E-state index in [4.69, 9.17) is 9.15 Å². The zero-order valence-corrected chi connectivity index (χ0v) is 14.8. The summed E-state index contributed by atoms with van der Waals surface area (Å²) in [7, 11) is 1.31. The van der Waals surface area contributed by atoms with E-state index in [2.05, 4.69) is 10.1 Å². The molecule has 1 heterocycles. The van der Waals surface area contributed by atoms with Crippen LogP contribution in [0.2, 0.25) is 0 Å². The van der Waals surface area contributed by atoms with Crippen LogP contribution in [0.5, 0.6) is 5.75 Å². The van der Waals surface area contributed by atoms with Crippen LogP contribution in [0.25, 0.3) is 11.0 Å². The summed E-state index contributed by atoms with van der Waals surface area (Å²) in [4.78, 5) is 24.2. The Labute approximate surface area is 150 Å². The molecule has 0 saturated carbocycles. The molecule has 0 spiro atoms. The van der Waals surface area contributed by atoms with Crippen LogP contribution in [0, 0.1) is 6.92 Å². The maximum absolute atomic E-state index is 12.6. The van der Waals surface area contributed by atoms with E-state index in [-0.39, 0.29) is 5.76 Å². The van der Waals surface area contributed by atoms with Gasteiger partial charge < -0.3 is 19.2 Å². The highest BCUT2D eigenvalue weighted by atomic mass is 16.5. The lowest BCUT2D eigenvalue weighted by molar-refractivity contribution is 0.0600. The number of anilines is 1. The summed E-state index contributed by atoms with van der Waals surface area (Å²) in [5.74, 6) is 0.0851. The minimum Gasteiger partial charge on any atom is -0.494 e. The first kappa shape index (κ1) is 17.5. The van der Waals surface area contributed by atoms with Crippen molar-refractivity contribution in [2.75, 3.05) is 19.0 Å². The van der Waals surface area contributed by atoms with E-state index < -0.39 is 11.9 Å². The first-order valence-electron chi connectivity index (χ1n) is 8.19. The number of furan rings is 1. The fourth-order valence-corrected chi connectivity index (χ4v) is 2.70. The van der Waals surface area contributed by atoms with Crippen LogP contribution >= 0.6 is 0 Å². The van der Waals surface area contributed by atoms with Crippen molar-refractivity contribution < 1.29 is 23.5 Å². The Morgan fingerprint density at radius 3 is 2.69 bits per heavy atom. The molecule has 0 aliphatic rings. The second-order valence-corrected chi connectivity index (χ2v) is 5.67. The number of fused-ring (bicyclic) bond motifs is 1. The van der Waals surface area contributed by atoms with E-state index in [1.165, 1.54) is 7.11 Å². The first-order valence-corrected chi connectivity index (χ1v) is 8.19. The maximum atomic E-state index is 12.6. The highest BCUT2D eigenvalue weighted by Crippen LogP contribution is 2.29. The highest BCUT2D eigenvalue weighted by molar-refractivity contribution is 6.07. The minimum atomic E-state index is -0.468. The highest BCUT2D eigenvalue weighted by Gasteiger charge is 2.19. The van der Waals surface area contributed by atoms with Crippen molar-refractivity contribution in [3.63, 3.8) is 0 Å². The number of esters is 1. The Balaban J connectivity index is 1.88. The van der Waals surface area contributed by atoms with Crippen molar-refractivity contribution in [1.29, 1.82) is 0 Å². The van der Waals surface area contributed by atoms with Gasteiger partial charge >= 0.3 is 5.97 Å².